The Morgan fingerprint density at radius 1 is 1.30 bits per heavy atom. The van der Waals surface area contributed by atoms with E-state index in [-0.39, 0.29) is 11.9 Å². The van der Waals surface area contributed by atoms with Crippen molar-refractivity contribution in [3.8, 4) is 11.5 Å². The lowest BCUT2D eigenvalue weighted by atomic mass is 10.1. The molecular weight excluding hydrogens is 256 g/mol. The van der Waals surface area contributed by atoms with Gasteiger partial charge in [0.2, 0.25) is 5.91 Å². The molecule has 2 N–H and O–H groups in total. The Balaban J connectivity index is 1.89. The zero-order valence-corrected chi connectivity index (χ0v) is 12.1. The molecule has 0 aromatic heterocycles. The summed E-state index contributed by atoms with van der Waals surface area (Å²) in [5.41, 5.74) is 1.08. The number of hydrogen-bond acceptors (Lipinski definition) is 4. The van der Waals surface area contributed by atoms with Crippen LogP contribution >= 0.6 is 0 Å². The van der Waals surface area contributed by atoms with E-state index < -0.39 is 0 Å². The first-order valence-electron chi connectivity index (χ1n) is 7.10. The first-order valence-corrected chi connectivity index (χ1v) is 7.10. The average molecular weight is 278 g/mol. The monoisotopic (exact) mass is 278 g/mol. The van der Waals surface area contributed by atoms with Gasteiger partial charge in [0.15, 0.2) is 11.5 Å². The molecule has 0 saturated heterocycles. The second-order valence-corrected chi connectivity index (χ2v) is 4.86. The molecule has 0 aliphatic carbocycles. The molecule has 1 aliphatic rings. The number of hydrogen-bond donors (Lipinski definition) is 2. The third-order valence-electron chi connectivity index (χ3n) is 3.21. The molecule has 1 aromatic carbocycles. The summed E-state index contributed by atoms with van der Waals surface area (Å²) in [6.45, 7) is 6.27. The van der Waals surface area contributed by atoms with Crippen molar-refractivity contribution in [2.24, 2.45) is 0 Å². The molecule has 0 spiro atoms. The SMILES string of the molecule is CCCNC(=O)CNC(C)c1ccc2c(c1)OCCO2. The highest BCUT2D eigenvalue weighted by atomic mass is 16.6. The number of carbonyl (C=O) groups excluding carboxylic acids is 1. The summed E-state index contributed by atoms with van der Waals surface area (Å²) in [7, 11) is 0. The highest BCUT2D eigenvalue weighted by Gasteiger charge is 2.14. The van der Waals surface area contributed by atoms with Gasteiger partial charge < -0.3 is 20.1 Å². The number of carbonyl (C=O) groups is 1. The maximum Gasteiger partial charge on any atom is 0.233 e. The summed E-state index contributed by atoms with van der Waals surface area (Å²) in [4.78, 5) is 11.6. The Morgan fingerprint density at radius 2 is 2.05 bits per heavy atom. The van der Waals surface area contributed by atoms with Crippen molar-refractivity contribution in [2.45, 2.75) is 26.3 Å². The molecule has 1 aliphatic heterocycles. The fourth-order valence-corrected chi connectivity index (χ4v) is 2.02. The van der Waals surface area contributed by atoms with Crippen LogP contribution in [0, 0.1) is 0 Å². The van der Waals surface area contributed by atoms with E-state index in [2.05, 4.69) is 10.6 Å². The van der Waals surface area contributed by atoms with Crippen LogP contribution in [-0.4, -0.2) is 32.2 Å². The lowest BCUT2D eigenvalue weighted by Gasteiger charge is -2.21. The normalized spacial score (nSPS) is 14.7. The molecule has 0 saturated carbocycles. The van der Waals surface area contributed by atoms with Crippen LogP contribution in [0.1, 0.15) is 31.9 Å². The Labute approximate surface area is 119 Å². The molecule has 5 nitrogen and oxygen atoms in total. The van der Waals surface area contributed by atoms with Gasteiger partial charge in [-0.05, 0) is 31.0 Å². The topological polar surface area (TPSA) is 59.6 Å². The third-order valence-corrected chi connectivity index (χ3v) is 3.21. The van der Waals surface area contributed by atoms with Crippen molar-refractivity contribution in [1.29, 1.82) is 0 Å². The minimum absolute atomic E-state index is 0.0243. The van der Waals surface area contributed by atoms with Gasteiger partial charge in [0, 0.05) is 12.6 Å². The third kappa shape index (κ3) is 3.87. The van der Waals surface area contributed by atoms with Gasteiger partial charge in [-0.15, -0.1) is 0 Å². The molecule has 0 bridgehead atoms. The molecule has 2 rings (SSSR count). The van der Waals surface area contributed by atoms with Crippen molar-refractivity contribution in [3.05, 3.63) is 23.8 Å². The van der Waals surface area contributed by atoms with E-state index >= 15 is 0 Å². The number of nitrogens with one attached hydrogen (secondary N) is 2. The Hall–Kier alpha value is -1.75. The molecular formula is C15H22N2O3. The van der Waals surface area contributed by atoms with E-state index in [1.807, 2.05) is 32.0 Å². The van der Waals surface area contributed by atoms with Crippen LogP contribution in [0.25, 0.3) is 0 Å². The van der Waals surface area contributed by atoms with Gasteiger partial charge in [-0.1, -0.05) is 13.0 Å². The molecule has 1 heterocycles. The smallest absolute Gasteiger partial charge is 0.233 e. The quantitative estimate of drug-likeness (QED) is 0.830. The maximum atomic E-state index is 11.6. The Morgan fingerprint density at radius 3 is 2.80 bits per heavy atom. The minimum atomic E-state index is 0.0243. The standard InChI is InChI=1S/C15H22N2O3/c1-3-6-16-15(18)10-17-11(2)12-4-5-13-14(9-12)20-8-7-19-13/h4-5,9,11,17H,3,6-8,10H2,1-2H3,(H,16,18). The van der Waals surface area contributed by atoms with Crippen LogP contribution in [0.5, 0.6) is 11.5 Å². The van der Waals surface area contributed by atoms with E-state index in [1.54, 1.807) is 0 Å². The lowest BCUT2D eigenvalue weighted by Crippen LogP contribution is -2.35. The summed E-state index contributed by atoms with van der Waals surface area (Å²) in [6, 6.07) is 5.96. The fraction of sp³-hybridized carbons (Fsp3) is 0.533. The van der Waals surface area contributed by atoms with Crippen molar-refractivity contribution < 1.29 is 14.3 Å². The largest absolute Gasteiger partial charge is 0.486 e. The predicted molar refractivity (Wildman–Crippen MR) is 77.2 cm³/mol. The fourth-order valence-electron chi connectivity index (χ4n) is 2.02. The maximum absolute atomic E-state index is 11.6. The van der Waals surface area contributed by atoms with E-state index in [4.69, 9.17) is 9.47 Å². The number of benzene rings is 1. The summed E-state index contributed by atoms with van der Waals surface area (Å²) in [5.74, 6) is 1.59. The van der Waals surface area contributed by atoms with Crippen molar-refractivity contribution in [1.82, 2.24) is 10.6 Å². The Bertz CT molecular complexity index is 462. The van der Waals surface area contributed by atoms with Crippen LogP contribution in [0.15, 0.2) is 18.2 Å². The van der Waals surface area contributed by atoms with Crippen molar-refractivity contribution in [2.75, 3.05) is 26.3 Å². The summed E-state index contributed by atoms with van der Waals surface area (Å²) in [5, 5.41) is 6.05. The average Bonchev–Trinajstić information content (AvgIpc) is 2.50. The highest BCUT2D eigenvalue weighted by Crippen LogP contribution is 2.32. The van der Waals surface area contributed by atoms with Crippen LogP contribution in [-0.2, 0) is 4.79 Å². The number of rotatable bonds is 6. The molecule has 20 heavy (non-hydrogen) atoms. The van der Waals surface area contributed by atoms with Gasteiger partial charge in [0.25, 0.3) is 0 Å². The van der Waals surface area contributed by atoms with Gasteiger partial charge in [0.05, 0.1) is 6.54 Å². The minimum Gasteiger partial charge on any atom is -0.486 e. The molecule has 1 amide bonds. The zero-order chi connectivity index (χ0) is 14.4. The first kappa shape index (κ1) is 14.7. The number of fused-ring (bicyclic) bond motifs is 1. The second kappa shape index (κ2) is 7.14. The number of ether oxygens (including phenoxy) is 2. The van der Waals surface area contributed by atoms with E-state index in [0.717, 1.165) is 30.0 Å². The van der Waals surface area contributed by atoms with Crippen molar-refractivity contribution >= 4 is 5.91 Å². The number of amides is 1. The van der Waals surface area contributed by atoms with E-state index in [0.29, 0.717) is 19.8 Å². The van der Waals surface area contributed by atoms with Gasteiger partial charge >= 0.3 is 0 Å². The van der Waals surface area contributed by atoms with E-state index in [9.17, 15) is 4.79 Å². The van der Waals surface area contributed by atoms with E-state index in [1.165, 1.54) is 0 Å². The molecule has 1 unspecified atom stereocenters. The highest BCUT2D eigenvalue weighted by molar-refractivity contribution is 5.78. The Kier molecular flexibility index (Phi) is 5.24. The van der Waals surface area contributed by atoms with Gasteiger partial charge in [-0.3, -0.25) is 4.79 Å². The van der Waals surface area contributed by atoms with Gasteiger partial charge in [-0.25, -0.2) is 0 Å². The molecule has 1 aromatic rings. The molecule has 1 atom stereocenters. The molecule has 110 valence electrons. The van der Waals surface area contributed by atoms with Crippen LogP contribution < -0.4 is 20.1 Å². The molecule has 0 radical (unpaired) electrons. The zero-order valence-electron chi connectivity index (χ0n) is 12.1. The van der Waals surface area contributed by atoms with Gasteiger partial charge in [-0.2, -0.15) is 0 Å². The predicted octanol–water partition coefficient (Wildman–Crippen LogP) is 1.63. The van der Waals surface area contributed by atoms with Crippen molar-refractivity contribution in [3.63, 3.8) is 0 Å². The molecule has 5 heteroatoms. The second-order valence-electron chi connectivity index (χ2n) is 4.86. The summed E-state index contributed by atoms with van der Waals surface area (Å²) in [6.07, 6.45) is 0.948. The van der Waals surface area contributed by atoms with Gasteiger partial charge in [0.1, 0.15) is 13.2 Å². The lowest BCUT2D eigenvalue weighted by molar-refractivity contribution is -0.120. The molecule has 0 fully saturated rings. The summed E-state index contributed by atoms with van der Waals surface area (Å²) >= 11 is 0. The van der Waals surface area contributed by atoms with Crippen LogP contribution in [0.4, 0.5) is 0 Å². The van der Waals surface area contributed by atoms with Crippen LogP contribution in [0.3, 0.4) is 0 Å². The first-order chi connectivity index (χ1) is 9.70. The van der Waals surface area contributed by atoms with Crippen LogP contribution in [0.2, 0.25) is 0 Å². The summed E-state index contributed by atoms with van der Waals surface area (Å²) < 4.78 is 11.1.